The fourth-order valence-corrected chi connectivity index (χ4v) is 2.47. The fraction of sp³-hybridized carbons (Fsp3) is 0.750. The Kier molecular flexibility index (Phi) is 3.74. The molecule has 0 saturated heterocycles. The Balaban J connectivity index is 3.17. The molecule has 10 heteroatoms. The van der Waals surface area contributed by atoms with Gasteiger partial charge in [0.1, 0.15) is 5.25 Å². The molecule has 0 aromatic heterocycles. The van der Waals surface area contributed by atoms with Crippen molar-refractivity contribution in [3.8, 4) is 0 Å². The van der Waals surface area contributed by atoms with Crippen molar-refractivity contribution in [1.29, 1.82) is 0 Å². The van der Waals surface area contributed by atoms with E-state index in [1.165, 1.54) is 0 Å². The first-order valence-electron chi connectivity index (χ1n) is 4.62. The lowest BCUT2D eigenvalue weighted by Gasteiger charge is -2.29. The highest BCUT2D eigenvalue weighted by molar-refractivity contribution is 7.86. The van der Waals surface area contributed by atoms with Crippen molar-refractivity contribution < 1.29 is 39.3 Å². The van der Waals surface area contributed by atoms with E-state index >= 15 is 0 Å². The van der Waals surface area contributed by atoms with E-state index in [9.17, 15) is 34.8 Å². The van der Waals surface area contributed by atoms with Crippen LogP contribution < -0.4 is 0 Å². The molecule has 0 radical (unpaired) electrons. The number of halogens is 6. The number of hydrogen-bond acceptors (Lipinski definition) is 2. The van der Waals surface area contributed by atoms with E-state index < -0.39 is 52.1 Å². The molecule has 0 heterocycles. The molecule has 0 saturated carbocycles. The summed E-state index contributed by atoms with van der Waals surface area (Å²) in [7, 11) is -4.99. The van der Waals surface area contributed by atoms with E-state index in [1.54, 1.807) is 0 Å². The Hall–Kier alpha value is -0.770. The summed E-state index contributed by atoms with van der Waals surface area (Å²) >= 11 is 0. The van der Waals surface area contributed by atoms with Gasteiger partial charge < -0.3 is 0 Å². The van der Waals surface area contributed by atoms with E-state index in [0.29, 0.717) is 0 Å². The van der Waals surface area contributed by atoms with Crippen molar-refractivity contribution in [3.63, 3.8) is 0 Å². The zero-order chi connectivity index (χ0) is 14.4. The van der Waals surface area contributed by atoms with Crippen LogP contribution in [-0.4, -0.2) is 30.6 Å². The Morgan fingerprint density at radius 3 is 2.00 bits per heavy atom. The van der Waals surface area contributed by atoms with Crippen LogP contribution in [0.5, 0.6) is 0 Å². The Morgan fingerprint density at radius 2 is 1.67 bits per heavy atom. The molecule has 0 aliphatic heterocycles. The van der Waals surface area contributed by atoms with Gasteiger partial charge in [-0.1, -0.05) is 6.08 Å². The average Bonchev–Trinajstić information content (AvgIpc) is 2.13. The van der Waals surface area contributed by atoms with E-state index in [0.717, 1.165) is 0 Å². The fourth-order valence-electron chi connectivity index (χ4n) is 1.66. The summed E-state index contributed by atoms with van der Waals surface area (Å²) in [5.41, 5.74) is -1.58. The molecule has 3 nitrogen and oxygen atoms in total. The highest BCUT2D eigenvalue weighted by Gasteiger charge is 2.49. The lowest BCUT2D eigenvalue weighted by Crippen LogP contribution is -2.36. The summed E-state index contributed by atoms with van der Waals surface area (Å²) < 4.78 is 104. The molecule has 0 aromatic carbocycles. The third-order valence-electron chi connectivity index (χ3n) is 2.58. The largest absolute Gasteiger partial charge is 0.412 e. The maximum absolute atomic E-state index is 12.4. The Bertz CT molecular complexity index is 446. The van der Waals surface area contributed by atoms with Crippen LogP contribution in [0.4, 0.5) is 26.3 Å². The van der Waals surface area contributed by atoms with Gasteiger partial charge in [0, 0.05) is 5.57 Å². The van der Waals surface area contributed by atoms with Crippen molar-refractivity contribution in [3.05, 3.63) is 11.6 Å². The second-order valence-electron chi connectivity index (χ2n) is 3.92. The molecule has 0 amide bonds. The highest BCUT2D eigenvalue weighted by atomic mass is 32.2. The van der Waals surface area contributed by atoms with E-state index in [4.69, 9.17) is 4.55 Å². The minimum atomic E-state index is -5.05. The Morgan fingerprint density at radius 1 is 1.17 bits per heavy atom. The average molecular weight is 298 g/mol. The smallest absolute Gasteiger partial charge is 0.285 e. The van der Waals surface area contributed by atoms with Crippen molar-refractivity contribution in [2.75, 3.05) is 0 Å². The van der Waals surface area contributed by atoms with Crippen molar-refractivity contribution in [2.24, 2.45) is 5.92 Å². The van der Waals surface area contributed by atoms with Crippen LogP contribution in [-0.2, 0) is 10.1 Å². The quantitative estimate of drug-likeness (QED) is 0.460. The summed E-state index contributed by atoms with van der Waals surface area (Å²) in [6.07, 6.45) is -12.3. The first-order valence-corrected chi connectivity index (χ1v) is 6.13. The molecule has 2 unspecified atom stereocenters. The molecule has 2 atom stereocenters. The van der Waals surface area contributed by atoms with Gasteiger partial charge in [-0.15, -0.1) is 0 Å². The van der Waals surface area contributed by atoms with Crippen LogP contribution in [0.3, 0.4) is 0 Å². The topological polar surface area (TPSA) is 54.4 Å². The van der Waals surface area contributed by atoms with Crippen molar-refractivity contribution in [1.82, 2.24) is 0 Å². The molecule has 0 bridgehead atoms. The molecular formula is C8H8F6O3S. The normalized spacial score (nSPS) is 26.9. The molecule has 1 aliphatic rings. The number of rotatable bonds is 1. The van der Waals surface area contributed by atoms with E-state index in [1.807, 2.05) is 0 Å². The van der Waals surface area contributed by atoms with E-state index in [-0.39, 0.29) is 6.08 Å². The molecule has 0 fully saturated rings. The molecular weight excluding hydrogens is 290 g/mol. The molecule has 0 spiro atoms. The lowest BCUT2D eigenvalue weighted by atomic mass is 9.87. The van der Waals surface area contributed by atoms with E-state index in [2.05, 4.69) is 0 Å². The van der Waals surface area contributed by atoms with Crippen LogP contribution in [0.15, 0.2) is 11.6 Å². The van der Waals surface area contributed by atoms with Crippen LogP contribution in [0, 0.1) is 5.92 Å². The van der Waals surface area contributed by atoms with Crippen LogP contribution >= 0.6 is 0 Å². The summed E-state index contributed by atoms with van der Waals surface area (Å²) in [5, 5.41) is -2.19. The second-order valence-corrected chi connectivity index (χ2v) is 5.56. The number of alkyl halides is 6. The monoisotopic (exact) mass is 298 g/mol. The van der Waals surface area contributed by atoms with Crippen LogP contribution in [0.25, 0.3) is 0 Å². The number of hydrogen-bond donors (Lipinski definition) is 1. The lowest BCUT2D eigenvalue weighted by molar-refractivity contribution is -0.181. The van der Waals surface area contributed by atoms with Crippen LogP contribution in [0.2, 0.25) is 0 Å². The van der Waals surface area contributed by atoms with Gasteiger partial charge >= 0.3 is 12.4 Å². The highest BCUT2D eigenvalue weighted by Crippen LogP contribution is 2.43. The molecule has 106 valence electrons. The summed E-state index contributed by atoms with van der Waals surface area (Å²) in [4.78, 5) is 0. The molecule has 1 rings (SSSR count). The standard InChI is InChI=1S/C8H8F6O3S/c9-7(10,11)4-1-5(8(12,13)14)3-6(2-4)18(15,16)17/h2,5-6H,1,3H2,(H,15,16,17). The minimum absolute atomic E-state index is 0.136. The van der Waals surface area contributed by atoms with Gasteiger partial charge in [0.2, 0.25) is 0 Å². The van der Waals surface area contributed by atoms with Gasteiger partial charge in [0.05, 0.1) is 5.92 Å². The van der Waals surface area contributed by atoms with Crippen molar-refractivity contribution in [2.45, 2.75) is 30.4 Å². The zero-order valence-electron chi connectivity index (χ0n) is 8.59. The molecule has 0 aromatic rings. The maximum Gasteiger partial charge on any atom is 0.412 e. The minimum Gasteiger partial charge on any atom is -0.285 e. The zero-order valence-corrected chi connectivity index (χ0v) is 9.40. The summed E-state index contributed by atoms with van der Waals surface area (Å²) in [5.74, 6) is -2.44. The second kappa shape index (κ2) is 4.41. The van der Waals surface area contributed by atoms with Gasteiger partial charge in [-0.05, 0) is 12.8 Å². The third kappa shape index (κ3) is 3.61. The predicted molar refractivity (Wildman–Crippen MR) is 48.3 cm³/mol. The summed E-state index contributed by atoms with van der Waals surface area (Å²) in [6.45, 7) is 0. The third-order valence-corrected chi connectivity index (χ3v) is 3.67. The first kappa shape index (κ1) is 15.3. The molecule has 1 aliphatic carbocycles. The molecule has 1 N–H and O–H groups in total. The Labute approximate surface area is 98.2 Å². The first-order chi connectivity index (χ1) is 7.82. The molecule has 18 heavy (non-hydrogen) atoms. The number of allylic oxidation sites excluding steroid dienone is 1. The SMILES string of the molecule is O=S(=O)(O)C1C=C(C(F)(F)F)CC(C(F)(F)F)C1. The van der Waals surface area contributed by atoms with Gasteiger partial charge in [0.15, 0.2) is 0 Å². The van der Waals surface area contributed by atoms with Gasteiger partial charge in [-0.2, -0.15) is 34.8 Å². The van der Waals surface area contributed by atoms with Crippen LogP contribution in [0.1, 0.15) is 12.8 Å². The predicted octanol–water partition coefficient (Wildman–Crippen LogP) is 2.70. The van der Waals surface area contributed by atoms with Gasteiger partial charge in [0.25, 0.3) is 10.1 Å². The van der Waals surface area contributed by atoms with Crippen molar-refractivity contribution >= 4 is 10.1 Å². The maximum atomic E-state index is 12.4. The van der Waals surface area contributed by atoms with Gasteiger partial charge in [-0.25, -0.2) is 0 Å². The summed E-state index contributed by atoms with van der Waals surface area (Å²) in [6, 6.07) is 0. The van der Waals surface area contributed by atoms with Gasteiger partial charge in [-0.3, -0.25) is 4.55 Å².